The Morgan fingerprint density at radius 1 is 1.14 bits per heavy atom. The average molecular weight is 405 g/mol. The Labute approximate surface area is 162 Å². The Bertz CT molecular complexity index is 1000. The maximum absolute atomic E-state index is 12.6. The lowest BCUT2D eigenvalue weighted by atomic mass is 10.2. The number of hydrogen-bond acceptors (Lipinski definition) is 7. The number of nitrogens with zero attached hydrogens (tertiary/aromatic N) is 3. The zero-order valence-corrected chi connectivity index (χ0v) is 14.6. The van der Waals surface area contributed by atoms with Gasteiger partial charge in [-0.15, -0.1) is 13.2 Å². The molecule has 0 radical (unpaired) electrons. The van der Waals surface area contributed by atoms with Crippen LogP contribution in [-0.2, 0) is 4.79 Å². The van der Waals surface area contributed by atoms with Gasteiger partial charge in [-0.3, -0.25) is 9.78 Å². The number of alkyl halides is 3. The SMILES string of the molecule is O=C(O)CNc1nc(Nc2ccccc2OC(F)(F)F)cc(-c2cccnc2)n1. The van der Waals surface area contributed by atoms with Gasteiger partial charge in [0, 0.05) is 24.0 Å². The summed E-state index contributed by atoms with van der Waals surface area (Å²) in [6.45, 7) is -0.441. The van der Waals surface area contributed by atoms with E-state index in [4.69, 9.17) is 5.11 Å². The Kier molecular flexibility index (Phi) is 5.77. The molecule has 2 aromatic heterocycles. The second kappa shape index (κ2) is 8.42. The summed E-state index contributed by atoms with van der Waals surface area (Å²) >= 11 is 0. The van der Waals surface area contributed by atoms with E-state index in [1.807, 2.05) is 0 Å². The van der Waals surface area contributed by atoms with Crippen molar-refractivity contribution < 1.29 is 27.8 Å². The number of carbonyl (C=O) groups is 1. The summed E-state index contributed by atoms with van der Waals surface area (Å²) in [6, 6.07) is 10.4. The van der Waals surface area contributed by atoms with Crippen molar-refractivity contribution >= 4 is 23.4 Å². The van der Waals surface area contributed by atoms with Crippen LogP contribution in [0.5, 0.6) is 5.75 Å². The van der Waals surface area contributed by atoms with Gasteiger partial charge in [0.15, 0.2) is 5.75 Å². The smallest absolute Gasteiger partial charge is 0.480 e. The summed E-state index contributed by atoms with van der Waals surface area (Å²) in [7, 11) is 0. The fraction of sp³-hybridized carbons (Fsp3) is 0.111. The van der Waals surface area contributed by atoms with Gasteiger partial charge in [-0.2, -0.15) is 4.98 Å². The number of aliphatic carboxylic acids is 1. The molecule has 0 unspecified atom stereocenters. The summed E-state index contributed by atoms with van der Waals surface area (Å²) in [5.74, 6) is -1.46. The van der Waals surface area contributed by atoms with Gasteiger partial charge in [0.2, 0.25) is 5.95 Å². The second-order valence-corrected chi connectivity index (χ2v) is 5.62. The van der Waals surface area contributed by atoms with Crippen molar-refractivity contribution in [3.05, 3.63) is 54.9 Å². The van der Waals surface area contributed by atoms with Gasteiger partial charge < -0.3 is 20.5 Å². The van der Waals surface area contributed by atoms with Crippen molar-refractivity contribution in [3.8, 4) is 17.0 Å². The van der Waals surface area contributed by atoms with E-state index < -0.39 is 24.6 Å². The van der Waals surface area contributed by atoms with Crippen LogP contribution in [0.1, 0.15) is 0 Å². The number of aromatic nitrogens is 3. The molecule has 0 aliphatic rings. The minimum absolute atomic E-state index is 0.0184. The average Bonchev–Trinajstić information content (AvgIpc) is 2.67. The second-order valence-electron chi connectivity index (χ2n) is 5.62. The van der Waals surface area contributed by atoms with Crippen LogP contribution >= 0.6 is 0 Å². The fourth-order valence-corrected chi connectivity index (χ4v) is 2.33. The summed E-state index contributed by atoms with van der Waals surface area (Å²) in [5, 5.41) is 14.1. The van der Waals surface area contributed by atoms with Gasteiger partial charge in [0.25, 0.3) is 0 Å². The molecule has 0 fully saturated rings. The maximum atomic E-state index is 12.6. The van der Waals surface area contributed by atoms with Crippen molar-refractivity contribution in [3.63, 3.8) is 0 Å². The molecule has 3 N–H and O–H groups in total. The molecule has 2 heterocycles. The third kappa shape index (κ3) is 5.79. The molecular weight excluding hydrogens is 391 g/mol. The first-order chi connectivity index (χ1) is 13.8. The van der Waals surface area contributed by atoms with E-state index >= 15 is 0 Å². The molecular formula is C18H14F3N5O3. The van der Waals surface area contributed by atoms with Crippen LogP contribution in [0.15, 0.2) is 54.9 Å². The summed E-state index contributed by atoms with van der Waals surface area (Å²) < 4.78 is 41.9. The van der Waals surface area contributed by atoms with Crippen LogP contribution in [0.4, 0.5) is 30.6 Å². The van der Waals surface area contributed by atoms with Crippen molar-refractivity contribution in [2.45, 2.75) is 6.36 Å². The lowest BCUT2D eigenvalue weighted by molar-refractivity contribution is -0.274. The predicted molar refractivity (Wildman–Crippen MR) is 97.8 cm³/mol. The van der Waals surface area contributed by atoms with Gasteiger partial charge in [0.05, 0.1) is 11.4 Å². The summed E-state index contributed by atoms with van der Waals surface area (Å²) in [5.41, 5.74) is 1.01. The number of carboxylic acid groups (broad SMARTS) is 1. The number of anilines is 3. The molecule has 0 saturated carbocycles. The quantitative estimate of drug-likeness (QED) is 0.546. The molecule has 0 aliphatic heterocycles. The van der Waals surface area contributed by atoms with Crippen molar-refractivity contribution in [1.82, 2.24) is 15.0 Å². The molecule has 0 aliphatic carbocycles. The molecule has 0 saturated heterocycles. The topological polar surface area (TPSA) is 109 Å². The Balaban J connectivity index is 1.96. The Morgan fingerprint density at radius 3 is 2.62 bits per heavy atom. The minimum atomic E-state index is -4.86. The van der Waals surface area contributed by atoms with E-state index in [2.05, 4.69) is 30.3 Å². The minimum Gasteiger partial charge on any atom is -0.480 e. The number of carboxylic acids is 1. The van der Waals surface area contributed by atoms with E-state index in [1.54, 1.807) is 18.3 Å². The third-order valence-electron chi connectivity index (χ3n) is 3.46. The monoisotopic (exact) mass is 405 g/mol. The highest BCUT2D eigenvalue weighted by molar-refractivity contribution is 5.73. The van der Waals surface area contributed by atoms with Gasteiger partial charge in [-0.25, -0.2) is 4.98 Å². The number of nitrogens with one attached hydrogen (secondary N) is 2. The fourth-order valence-electron chi connectivity index (χ4n) is 2.33. The zero-order valence-electron chi connectivity index (χ0n) is 14.6. The maximum Gasteiger partial charge on any atom is 0.573 e. The van der Waals surface area contributed by atoms with Crippen molar-refractivity contribution in [2.24, 2.45) is 0 Å². The largest absolute Gasteiger partial charge is 0.573 e. The molecule has 0 atom stereocenters. The standard InChI is InChI=1S/C18H14F3N5O3/c19-18(20,21)29-14-6-2-1-5-12(14)24-15-8-13(11-4-3-7-22-9-11)25-17(26-15)23-10-16(27)28/h1-9H,10H2,(H,27,28)(H2,23,24,25,26). The first kappa shape index (κ1) is 19.9. The van der Waals surface area contributed by atoms with E-state index in [9.17, 15) is 18.0 Å². The lowest BCUT2D eigenvalue weighted by Gasteiger charge is -2.15. The van der Waals surface area contributed by atoms with Gasteiger partial charge in [0.1, 0.15) is 12.4 Å². The number of benzene rings is 1. The zero-order chi connectivity index (χ0) is 20.9. The number of rotatable bonds is 7. The molecule has 0 spiro atoms. The number of hydrogen-bond donors (Lipinski definition) is 3. The van der Waals surface area contributed by atoms with Crippen LogP contribution in [0.25, 0.3) is 11.3 Å². The molecule has 29 heavy (non-hydrogen) atoms. The number of halogens is 3. The molecule has 3 aromatic rings. The van der Waals surface area contributed by atoms with Gasteiger partial charge in [-0.1, -0.05) is 12.1 Å². The van der Waals surface area contributed by atoms with Crippen LogP contribution in [0.2, 0.25) is 0 Å². The highest BCUT2D eigenvalue weighted by Crippen LogP contribution is 2.32. The highest BCUT2D eigenvalue weighted by Gasteiger charge is 2.32. The number of pyridine rings is 1. The summed E-state index contributed by atoms with van der Waals surface area (Å²) in [6.07, 6.45) is -1.76. The predicted octanol–water partition coefficient (Wildman–Crippen LogP) is 3.68. The van der Waals surface area contributed by atoms with Crippen LogP contribution in [-0.4, -0.2) is 38.9 Å². The molecule has 0 bridgehead atoms. The normalized spacial score (nSPS) is 11.0. The molecule has 8 nitrogen and oxygen atoms in total. The molecule has 11 heteroatoms. The molecule has 0 amide bonds. The van der Waals surface area contributed by atoms with Gasteiger partial charge in [-0.05, 0) is 24.3 Å². The van der Waals surface area contributed by atoms with Crippen LogP contribution in [0, 0.1) is 0 Å². The third-order valence-corrected chi connectivity index (χ3v) is 3.46. The Morgan fingerprint density at radius 2 is 1.93 bits per heavy atom. The molecule has 1 aromatic carbocycles. The van der Waals surface area contributed by atoms with E-state index in [0.29, 0.717) is 11.3 Å². The van der Waals surface area contributed by atoms with Crippen LogP contribution in [0.3, 0.4) is 0 Å². The molecule has 150 valence electrons. The van der Waals surface area contributed by atoms with E-state index in [1.165, 1.54) is 30.5 Å². The first-order valence-corrected chi connectivity index (χ1v) is 8.17. The van der Waals surface area contributed by atoms with E-state index in [-0.39, 0.29) is 17.5 Å². The van der Waals surface area contributed by atoms with Gasteiger partial charge >= 0.3 is 12.3 Å². The molecule has 3 rings (SSSR count). The Hall–Kier alpha value is -3.89. The lowest BCUT2D eigenvalue weighted by Crippen LogP contribution is -2.18. The van der Waals surface area contributed by atoms with Crippen molar-refractivity contribution in [1.29, 1.82) is 0 Å². The van der Waals surface area contributed by atoms with E-state index in [0.717, 1.165) is 6.07 Å². The van der Waals surface area contributed by atoms with Crippen LogP contribution < -0.4 is 15.4 Å². The number of ether oxygens (including phenoxy) is 1. The first-order valence-electron chi connectivity index (χ1n) is 8.17. The number of para-hydroxylation sites is 2. The summed E-state index contributed by atoms with van der Waals surface area (Å²) in [4.78, 5) is 23.1. The highest BCUT2D eigenvalue weighted by atomic mass is 19.4. The van der Waals surface area contributed by atoms with Crippen molar-refractivity contribution in [2.75, 3.05) is 17.2 Å².